The van der Waals surface area contributed by atoms with Crippen LogP contribution < -0.4 is 14.7 Å². The third kappa shape index (κ3) is 5.98. The molecule has 126 valence electrons. The van der Waals surface area contributed by atoms with Crippen molar-refractivity contribution in [3.05, 3.63) is 30.3 Å². The summed E-state index contributed by atoms with van der Waals surface area (Å²) in [4.78, 5) is 18.9. The smallest absolute Gasteiger partial charge is 0.231 e. The molecule has 0 aliphatic heterocycles. The van der Waals surface area contributed by atoms with Gasteiger partial charge in [-0.15, -0.1) is 0 Å². The molecule has 1 N–H and O–H groups in total. The monoisotopic (exact) mass is 318 g/mol. The molecule has 0 atom stereocenters. The lowest BCUT2D eigenvalue weighted by molar-refractivity contribution is 0.475. The second-order valence-corrected chi connectivity index (χ2v) is 5.37. The van der Waals surface area contributed by atoms with Crippen molar-refractivity contribution in [3.63, 3.8) is 0 Å². The van der Waals surface area contributed by atoms with Gasteiger partial charge in [-0.3, -0.25) is 0 Å². The Morgan fingerprint density at radius 2 is 1.22 bits per heavy atom. The third-order valence-electron chi connectivity index (χ3n) is 2.97. The number of benzene rings is 1. The second-order valence-electron chi connectivity index (χ2n) is 5.37. The minimum Gasteiger partial charge on any atom is -0.508 e. The van der Waals surface area contributed by atoms with Crippen LogP contribution in [0.3, 0.4) is 0 Å². The third-order valence-corrected chi connectivity index (χ3v) is 2.97. The Kier molecular flexibility index (Phi) is 7.05. The molecule has 0 bridgehead atoms. The quantitative estimate of drug-likeness (QED) is 0.922. The zero-order chi connectivity index (χ0) is 17.4. The summed E-state index contributed by atoms with van der Waals surface area (Å²) in [5, 5.41) is 8.63. The van der Waals surface area contributed by atoms with Crippen LogP contribution in [0.25, 0.3) is 0 Å². The molecule has 0 spiro atoms. The van der Waals surface area contributed by atoms with E-state index in [4.69, 9.17) is 5.11 Å². The number of para-hydroxylation sites is 1. The van der Waals surface area contributed by atoms with Gasteiger partial charge in [0.1, 0.15) is 5.75 Å². The zero-order valence-electron chi connectivity index (χ0n) is 14.7. The van der Waals surface area contributed by atoms with E-state index in [1.54, 1.807) is 24.3 Å². The van der Waals surface area contributed by atoms with E-state index in [2.05, 4.69) is 21.9 Å². The van der Waals surface area contributed by atoms with E-state index < -0.39 is 0 Å². The molecule has 2 rings (SSSR count). The predicted octanol–water partition coefficient (Wildman–Crippen LogP) is 1.85. The van der Waals surface area contributed by atoms with Crippen molar-refractivity contribution < 1.29 is 5.11 Å². The van der Waals surface area contributed by atoms with Crippen LogP contribution in [0.2, 0.25) is 0 Å². The van der Waals surface area contributed by atoms with Crippen LogP contribution >= 0.6 is 0 Å². The Hall–Kier alpha value is -2.57. The summed E-state index contributed by atoms with van der Waals surface area (Å²) in [6, 6.07) is 8.71. The first kappa shape index (κ1) is 18.5. The van der Waals surface area contributed by atoms with Crippen molar-refractivity contribution >= 4 is 17.8 Å². The molecule has 1 heterocycles. The number of aromatic nitrogens is 3. The summed E-state index contributed by atoms with van der Waals surface area (Å²) in [5.41, 5.74) is 0. The first-order valence-corrected chi connectivity index (χ1v) is 7.41. The molecule has 0 radical (unpaired) electrons. The molecule has 23 heavy (non-hydrogen) atoms. The summed E-state index contributed by atoms with van der Waals surface area (Å²) < 4.78 is 0. The molecule has 0 saturated heterocycles. The lowest BCUT2D eigenvalue weighted by atomic mass is 10.3. The van der Waals surface area contributed by atoms with Crippen LogP contribution in [0.1, 0.15) is 6.92 Å². The average Bonchev–Trinajstić information content (AvgIpc) is 2.54. The van der Waals surface area contributed by atoms with Gasteiger partial charge in [0.25, 0.3) is 0 Å². The molecule has 7 nitrogen and oxygen atoms in total. The SMILES string of the molecule is CCN(C)c1nc(N(C)C)nc(N(C)C)n1.Oc1ccccc1. The van der Waals surface area contributed by atoms with E-state index in [0.29, 0.717) is 23.6 Å². The molecule has 0 aliphatic carbocycles. The highest BCUT2D eigenvalue weighted by atomic mass is 16.3. The van der Waals surface area contributed by atoms with E-state index in [1.807, 2.05) is 56.0 Å². The van der Waals surface area contributed by atoms with Crippen molar-refractivity contribution in [3.8, 4) is 5.75 Å². The summed E-state index contributed by atoms with van der Waals surface area (Å²) in [7, 11) is 9.65. The highest BCUT2D eigenvalue weighted by Crippen LogP contribution is 2.15. The second kappa shape index (κ2) is 8.77. The number of anilines is 3. The molecule has 0 saturated carbocycles. The molecule has 1 aromatic carbocycles. The Morgan fingerprint density at radius 1 is 0.783 bits per heavy atom. The number of aromatic hydroxyl groups is 1. The normalized spacial score (nSPS) is 9.65. The molecular weight excluding hydrogens is 292 g/mol. The van der Waals surface area contributed by atoms with Crippen LogP contribution in [-0.4, -0.2) is 61.8 Å². The van der Waals surface area contributed by atoms with Gasteiger partial charge in [-0.05, 0) is 19.1 Å². The van der Waals surface area contributed by atoms with E-state index in [-0.39, 0.29) is 0 Å². The molecule has 0 amide bonds. The van der Waals surface area contributed by atoms with E-state index in [9.17, 15) is 0 Å². The fourth-order valence-electron chi connectivity index (χ4n) is 1.48. The maximum Gasteiger partial charge on any atom is 0.231 e. The summed E-state index contributed by atoms with van der Waals surface area (Å²) >= 11 is 0. The van der Waals surface area contributed by atoms with Crippen molar-refractivity contribution in [2.45, 2.75) is 6.92 Å². The van der Waals surface area contributed by atoms with Crippen LogP contribution in [0.4, 0.5) is 17.8 Å². The number of hydrogen-bond acceptors (Lipinski definition) is 7. The fourth-order valence-corrected chi connectivity index (χ4v) is 1.48. The number of rotatable bonds is 4. The van der Waals surface area contributed by atoms with Crippen molar-refractivity contribution in [1.82, 2.24) is 15.0 Å². The van der Waals surface area contributed by atoms with Gasteiger partial charge in [0.15, 0.2) is 0 Å². The number of phenolic OH excluding ortho intramolecular Hbond substituents is 1. The first-order valence-electron chi connectivity index (χ1n) is 7.41. The fraction of sp³-hybridized carbons (Fsp3) is 0.438. The first-order chi connectivity index (χ1) is 10.8. The maximum absolute atomic E-state index is 8.63. The lowest BCUT2D eigenvalue weighted by Gasteiger charge is -2.20. The van der Waals surface area contributed by atoms with Gasteiger partial charge < -0.3 is 19.8 Å². The summed E-state index contributed by atoms with van der Waals surface area (Å²) in [5.74, 6) is 2.37. The summed E-state index contributed by atoms with van der Waals surface area (Å²) in [6.07, 6.45) is 0. The van der Waals surface area contributed by atoms with E-state index in [0.717, 1.165) is 6.54 Å². The number of phenols is 1. The van der Waals surface area contributed by atoms with Crippen molar-refractivity contribution in [2.75, 3.05) is 56.5 Å². The van der Waals surface area contributed by atoms with Crippen LogP contribution in [0.15, 0.2) is 30.3 Å². The minimum atomic E-state index is 0.322. The van der Waals surface area contributed by atoms with Gasteiger partial charge >= 0.3 is 0 Å². The topological polar surface area (TPSA) is 68.6 Å². The van der Waals surface area contributed by atoms with Crippen LogP contribution in [-0.2, 0) is 0 Å². The highest BCUT2D eigenvalue weighted by Gasteiger charge is 2.11. The average molecular weight is 318 g/mol. The number of hydrogen-bond donors (Lipinski definition) is 1. The summed E-state index contributed by atoms with van der Waals surface area (Å²) in [6.45, 7) is 2.93. The van der Waals surface area contributed by atoms with Crippen LogP contribution in [0, 0.1) is 0 Å². The predicted molar refractivity (Wildman–Crippen MR) is 95.5 cm³/mol. The Balaban J connectivity index is 0.000000313. The highest BCUT2D eigenvalue weighted by molar-refractivity contribution is 5.44. The van der Waals surface area contributed by atoms with Crippen molar-refractivity contribution in [1.29, 1.82) is 0 Å². The Bertz CT molecular complexity index is 562. The van der Waals surface area contributed by atoms with Gasteiger partial charge in [0, 0.05) is 41.8 Å². The number of nitrogens with zero attached hydrogens (tertiary/aromatic N) is 6. The lowest BCUT2D eigenvalue weighted by Crippen LogP contribution is -2.24. The van der Waals surface area contributed by atoms with E-state index in [1.165, 1.54) is 0 Å². The maximum atomic E-state index is 8.63. The Labute approximate surface area is 138 Å². The molecule has 0 unspecified atom stereocenters. The molecule has 7 heteroatoms. The van der Waals surface area contributed by atoms with Crippen molar-refractivity contribution in [2.24, 2.45) is 0 Å². The molecule has 0 aliphatic rings. The van der Waals surface area contributed by atoms with Gasteiger partial charge in [0.2, 0.25) is 17.8 Å². The van der Waals surface area contributed by atoms with Crippen LogP contribution in [0.5, 0.6) is 5.75 Å². The van der Waals surface area contributed by atoms with Gasteiger partial charge in [0.05, 0.1) is 0 Å². The molecular formula is C16H26N6O. The zero-order valence-corrected chi connectivity index (χ0v) is 14.7. The minimum absolute atomic E-state index is 0.322. The largest absolute Gasteiger partial charge is 0.508 e. The standard InChI is InChI=1S/C10H20N6.C6H6O/c1-7-16(6)10-12-8(14(2)3)11-9(13-10)15(4)5;7-6-4-2-1-3-5-6/h7H2,1-6H3;1-5,7H. The molecule has 2 aromatic rings. The molecule has 0 fully saturated rings. The van der Waals surface area contributed by atoms with Gasteiger partial charge in [-0.25, -0.2) is 0 Å². The van der Waals surface area contributed by atoms with Gasteiger partial charge in [-0.1, -0.05) is 18.2 Å². The molecule has 1 aromatic heterocycles. The van der Waals surface area contributed by atoms with E-state index >= 15 is 0 Å². The Morgan fingerprint density at radius 3 is 1.52 bits per heavy atom. The van der Waals surface area contributed by atoms with Gasteiger partial charge in [-0.2, -0.15) is 15.0 Å².